The van der Waals surface area contributed by atoms with Gasteiger partial charge in [0.1, 0.15) is 4.88 Å². The van der Waals surface area contributed by atoms with E-state index < -0.39 is 5.54 Å². The molecule has 0 saturated heterocycles. The Bertz CT molecular complexity index is 399. The number of carbonyl (C=O) groups is 1. The van der Waals surface area contributed by atoms with Crippen LogP contribution in [-0.4, -0.2) is 32.7 Å². The average Bonchev–Trinajstić information content (AvgIpc) is 2.77. The van der Waals surface area contributed by atoms with Crippen molar-refractivity contribution in [2.24, 2.45) is 0 Å². The second-order valence-corrected chi connectivity index (χ2v) is 5.39. The third-order valence-corrected chi connectivity index (χ3v) is 4.18. The first kappa shape index (κ1) is 12.4. The van der Waals surface area contributed by atoms with Gasteiger partial charge in [0, 0.05) is 0 Å². The average molecular weight is 255 g/mol. The summed E-state index contributed by atoms with van der Waals surface area (Å²) >= 11 is 1.10. The van der Waals surface area contributed by atoms with Crippen LogP contribution in [-0.2, 0) is 0 Å². The number of hydrogen-bond donors (Lipinski definition) is 2. The molecule has 17 heavy (non-hydrogen) atoms. The molecular weight excluding hydrogens is 238 g/mol. The highest BCUT2D eigenvalue weighted by Crippen LogP contribution is 2.28. The zero-order chi connectivity index (χ0) is 12.3. The Balaban J connectivity index is 2.08. The fourth-order valence-corrected chi connectivity index (χ4v) is 2.84. The number of aliphatic hydroxyl groups is 1. The molecule has 2 rings (SSSR count). The van der Waals surface area contributed by atoms with E-state index in [2.05, 4.69) is 14.9 Å². The van der Waals surface area contributed by atoms with Crippen molar-refractivity contribution in [1.82, 2.24) is 14.9 Å². The van der Waals surface area contributed by atoms with Gasteiger partial charge in [-0.1, -0.05) is 23.8 Å². The first-order valence-corrected chi connectivity index (χ1v) is 6.66. The molecule has 1 aliphatic carbocycles. The van der Waals surface area contributed by atoms with Crippen molar-refractivity contribution < 1.29 is 9.90 Å². The Morgan fingerprint density at radius 2 is 2.18 bits per heavy atom. The smallest absolute Gasteiger partial charge is 0.265 e. The fraction of sp³-hybridized carbons (Fsp3) is 0.727. The summed E-state index contributed by atoms with van der Waals surface area (Å²) in [6.45, 7) is 1.77. The highest BCUT2D eigenvalue weighted by Gasteiger charge is 2.33. The van der Waals surface area contributed by atoms with E-state index in [4.69, 9.17) is 0 Å². The number of carbonyl (C=O) groups excluding carboxylic acids is 1. The Hall–Kier alpha value is -1.01. The van der Waals surface area contributed by atoms with Gasteiger partial charge in [0.05, 0.1) is 17.8 Å². The quantitative estimate of drug-likeness (QED) is 0.853. The molecule has 2 N–H and O–H groups in total. The zero-order valence-corrected chi connectivity index (χ0v) is 10.7. The van der Waals surface area contributed by atoms with Gasteiger partial charge >= 0.3 is 0 Å². The molecule has 1 aliphatic rings. The number of aliphatic hydroxyl groups excluding tert-OH is 1. The summed E-state index contributed by atoms with van der Waals surface area (Å²) in [7, 11) is 0. The molecule has 0 aromatic carbocycles. The summed E-state index contributed by atoms with van der Waals surface area (Å²) in [6, 6.07) is 0. The van der Waals surface area contributed by atoms with E-state index in [9.17, 15) is 9.90 Å². The Morgan fingerprint density at radius 1 is 1.47 bits per heavy atom. The number of amides is 1. The minimum Gasteiger partial charge on any atom is -0.394 e. The molecule has 1 fully saturated rings. The van der Waals surface area contributed by atoms with Crippen LogP contribution in [0, 0.1) is 6.92 Å². The van der Waals surface area contributed by atoms with Gasteiger partial charge in [-0.05, 0) is 31.3 Å². The van der Waals surface area contributed by atoms with E-state index in [0.29, 0.717) is 10.6 Å². The van der Waals surface area contributed by atoms with Gasteiger partial charge in [-0.15, -0.1) is 5.10 Å². The molecular formula is C11H17N3O2S. The van der Waals surface area contributed by atoms with Gasteiger partial charge in [-0.25, -0.2) is 0 Å². The van der Waals surface area contributed by atoms with Crippen LogP contribution >= 0.6 is 11.5 Å². The van der Waals surface area contributed by atoms with Crippen LogP contribution in [0.5, 0.6) is 0 Å². The van der Waals surface area contributed by atoms with Crippen molar-refractivity contribution in [2.75, 3.05) is 6.61 Å². The lowest BCUT2D eigenvalue weighted by molar-refractivity contribution is 0.0761. The van der Waals surface area contributed by atoms with Crippen LogP contribution in [0.4, 0.5) is 0 Å². The van der Waals surface area contributed by atoms with Crippen molar-refractivity contribution in [3.05, 3.63) is 10.6 Å². The van der Waals surface area contributed by atoms with E-state index in [0.717, 1.165) is 37.2 Å². The van der Waals surface area contributed by atoms with Gasteiger partial charge in [-0.2, -0.15) is 0 Å². The molecule has 1 aromatic rings. The maximum absolute atomic E-state index is 12.1. The SMILES string of the molecule is Cc1nnsc1C(=O)NC1(CO)CCCCC1. The maximum Gasteiger partial charge on any atom is 0.265 e. The normalized spacial score (nSPS) is 18.9. The summed E-state index contributed by atoms with van der Waals surface area (Å²) < 4.78 is 3.75. The van der Waals surface area contributed by atoms with Gasteiger partial charge < -0.3 is 10.4 Å². The number of rotatable bonds is 3. The summed E-state index contributed by atoms with van der Waals surface area (Å²) in [5, 5.41) is 16.3. The molecule has 1 heterocycles. The first-order valence-electron chi connectivity index (χ1n) is 5.89. The molecule has 1 amide bonds. The molecule has 1 aromatic heterocycles. The predicted octanol–water partition coefficient (Wildman–Crippen LogP) is 1.27. The minimum absolute atomic E-state index is 0.00399. The molecule has 5 nitrogen and oxygen atoms in total. The molecule has 1 saturated carbocycles. The fourth-order valence-electron chi connectivity index (χ4n) is 2.29. The van der Waals surface area contributed by atoms with Crippen molar-refractivity contribution in [3.63, 3.8) is 0 Å². The van der Waals surface area contributed by atoms with E-state index in [1.54, 1.807) is 6.92 Å². The summed E-state index contributed by atoms with van der Waals surface area (Å²) in [6.07, 6.45) is 4.99. The Labute approximate surface area is 104 Å². The largest absolute Gasteiger partial charge is 0.394 e. The van der Waals surface area contributed by atoms with Crippen molar-refractivity contribution in [2.45, 2.75) is 44.6 Å². The lowest BCUT2D eigenvalue weighted by atomic mass is 9.82. The van der Waals surface area contributed by atoms with Crippen molar-refractivity contribution in [1.29, 1.82) is 0 Å². The van der Waals surface area contributed by atoms with Gasteiger partial charge in [0.25, 0.3) is 5.91 Å². The molecule has 0 spiro atoms. The van der Waals surface area contributed by atoms with Crippen molar-refractivity contribution in [3.8, 4) is 0 Å². The molecule has 0 bridgehead atoms. The second-order valence-electron chi connectivity index (χ2n) is 4.64. The monoisotopic (exact) mass is 255 g/mol. The second kappa shape index (κ2) is 5.10. The van der Waals surface area contributed by atoms with Gasteiger partial charge in [-0.3, -0.25) is 4.79 Å². The summed E-state index contributed by atoms with van der Waals surface area (Å²) in [5.41, 5.74) is 0.211. The van der Waals surface area contributed by atoms with E-state index in [1.165, 1.54) is 6.42 Å². The first-order chi connectivity index (χ1) is 8.17. The molecule has 0 aliphatic heterocycles. The standard InChI is InChI=1S/C11H17N3O2S/c1-8-9(17-14-13-8)10(16)12-11(7-15)5-3-2-4-6-11/h15H,2-7H2,1H3,(H,12,16). The van der Waals surface area contributed by atoms with Crippen LogP contribution in [0.3, 0.4) is 0 Å². The number of nitrogens with zero attached hydrogens (tertiary/aromatic N) is 2. The van der Waals surface area contributed by atoms with Crippen LogP contribution < -0.4 is 5.32 Å². The third-order valence-electron chi connectivity index (χ3n) is 3.35. The summed E-state index contributed by atoms with van der Waals surface area (Å²) in [4.78, 5) is 12.6. The highest BCUT2D eigenvalue weighted by atomic mass is 32.1. The number of nitrogens with one attached hydrogen (secondary N) is 1. The van der Waals surface area contributed by atoms with E-state index >= 15 is 0 Å². The number of aryl methyl sites for hydroxylation is 1. The number of aromatic nitrogens is 2. The van der Waals surface area contributed by atoms with Gasteiger partial charge in [0.15, 0.2) is 0 Å². The van der Waals surface area contributed by atoms with Crippen molar-refractivity contribution >= 4 is 17.4 Å². The Morgan fingerprint density at radius 3 is 2.71 bits per heavy atom. The molecule has 94 valence electrons. The van der Waals surface area contributed by atoms with Crippen LogP contribution in [0.2, 0.25) is 0 Å². The molecule has 0 atom stereocenters. The molecule has 0 unspecified atom stereocenters. The molecule has 6 heteroatoms. The maximum atomic E-state index is 12.1. The predicted molar refractivity (Wildman–Crippen MR) is 65.0 cm³/mol. The third kappa shape index (κ3) is 2.63. The van der Waals surface area contributed by atoms with E-state index in [1.807, 2.05) is 0 Å². The lowest BCUT2D eigenvalue weighted by Crippen LogP contribution is -2.52. The van der Waals surface area contributed by atoms with Crippen LogP contribution in [0.15, 0.2) is 0 Å². The topological polar surface area (TPSA) is 75.1 Å². The van der Waals surface area contributed by atoms with Crippen LogP contribution in [0.25, 0.3) is 0 Å². The highest BCUT2D eigenvalue weighted by molar-refractivity contribution is 7.08. The lowest BCUT2D eigenvalue weighted by Gasteiger charge is -2.36. The minimum atomic E-state index is -0.439. The summed E-state index contributed by atoms with van der Waals surface area (Å²) in [5.74, 6) is -0.159. The Kier molecular flexibility index (Phi) is 3.73. The molecule has 0 radical (unpaired) electrons. The van der Waals surface area contributed by atoms with Gasteiger partial charge in [0.2, 0.25) is 0 Å². The van der Waals surface area contributed by atoms with E-state index in [-0.39, 0.29) is 12.5 Å². The number of hydrogen-bond acceptors (Lipinski definition) is 5. The zero-order valence-electron chi connectivity index (χ0n) is 9.90. The van der Waals surface area contributed by atoms with Crippen LogP contribution in [0.1, 0.15) is 47.5 Å².